The Labute approximate surface area is 148 Å². The number of hydrogen-bond donors (Lipinski definition) is 1. The normalized spacial score (nSPS) is 15.9. The third kappa shape index (κ3) is 4.01. The highest BCUT2D eigenvalue weighted by Crippen LogP contribution is 2.17. The maximum Gasteiger partial charge on any atom is 0.244 e. The SMILES string of the molecule is C[C@@H](Nc1ccc(Cl)cc1)C(=O)N1CCN(c2ccccc2)CC1. The third-order valence-corrected chi connectivity index (χ3v) is 4.56. The van der Waals surface area contributed by atoms with Crippen molar-refractivity contribution in [3.8, 4) is 0 Å². The van der Waals surface area contributed by atoms with Crippen molar-refractivity contribution in [2.75, 3.05) is 36.4 Å². The second kappa shape index (κ2) is 7.58. The van der Waals surface area contributed by atoms with E-state index in [1.165, 1.54) is 5.69 Å². The van der Waals surface area contributed by atoms with Crippen LogP contribution in [0.3, 0.4) is 0 Å². The van der Waals surface area contributed by atoms with Gasteiger partial charge in [-0.2, -0.15) is 0 Å². The summed E-state index contributed by atoms with van der Waals surface area (Å²) in [5, 5.41) is 3.94. The van der Waals surface area contributed by atoms with Crippen molar-refractivity contribution < 1.29 is 4.79 Å². The van der Waals surface area contributed by atoms with Gasteiger partial charge in [-0.3, -0.25) is 4.79 Å². The van der Waals surface area contributed by atoms with Crippen molar-refractivity contribution >= 4 is 28.9 Å². The van der Waals surface area contributed by atoms with E-state index in [1.54, 1.807) is 0 Å². The highest BCUT2D eigenvalue weighted by molar-refractivity contribution is 6.30. The zero-order chi connectivity index (χ0) is 16.9. The third-order valence-electron chi connectivity index (χ3n) is 4.31. The lowest BCUT2D eigenvalue weighted by Gasteiger charge is -2.37. The number of nitrogens with one attached hydrogen (secondary N) is 1. The zero-order valence-electron chi connectivity index (χ0n) is 13.8. The van der Waals surface area contributed by atoms with Gasteiger partial charge in [-0.25, -0.2) is 0 Å². The Morgan fingerprint density at radius 3 is 2.25 bits per heavy atom. The van der Waals surface area contributed by atoms with Gasteiger partial charge >= 0.3 is 0 Å². The van der Waals surface area contributed by atoms with E-state index >= 15 is 0 Å². The number of anilines is 2. The molecule has 0 bridgehead atoms. The standard InChI is InChI=1S/C19H22ClN3O/c1-15(21-17-9-7-16(20)8-10-17)19(24)23-13-11-22(12-14-23)18-5-3-2-4-6-18/h2-10,15,21H,11-14H2,1H3/t15-/m1/s1. The van der Waals surface area contributed by atoms with Gasteiger partial charge in [0.25, 0.3) is 0 Å². The summed E-state index contributed by atoms with van der Waals surface area (Å²) in [6.07, 6.45) is 0. The molecule has 1 aliphatic rings. The number of nitrogens with zero attached hydrogens (tertiary/aromatic N) is 2. The fraction of sp³-hybridized carbons (Fsp3) is 0.316. The summed E-state index contributed by atoms with van der Waals surface area (Å²) in [7, 11) is 0. The molecule has 3 rings (SSSR count). The molecule has 2 aromatic carbocycles. The molecule has 1 amide bonds. The number of rotatable bonds is 4. The summed E-state index contributed by atoms with van der Waals surface area (Å²) in [6, 6.07) is 17.5. The van der Waals surface area contributed by atoms with Gasteiger partial charge in [-0.15, -0.1) is 0 Å². The molecule has 24 heavy (non-hydrogen) atoms. The van der Waals surface area contributed by atoms with Gasteiger partial charge in [0, 0.05) is 42.6 Å². The van der Waals surface area contributed by atoms with Crippen molar-refractivity contribution in [2.45, 2.75) is 13.0 Å². The van der Waals surface area contributed by atoms with Crippen LogP contribution in [0.2, 0.25) is 5.02 Å². The molecule has 5 heteroatoms. The Hall–Kier alpha value is -2.20. The Bertz CT molecular complexity index is 667. The van der Waals surface area contributed by atoms with Crippen LogP contribution >= 0.6 is 11.6 Å². The lowest BCUT2D eigenvalue weighted by Crippen LogP contribution is -2.52. The molecule has 1 fully saturated rings. The fourth-order valence-electron chi connectivity index (χ4n) is 2.96. The predicted molar refractivity (Wildman–Crippen MR) is 99.8 cm³/mol. The van der Waals surface area contributed by atoms with E-state index in [0.29, 0.717) is 5.02 Å². The molecule has 1 saturated heterocycles. The molecule has 1 atom stereocenters. The lowest BCUT2D eigenvalue weighted by molar-refractivity contribution is -0.131. The van der Waals surface area contributed by atoms with Crippen LogP contribution < -0.4 is 10.2 Å². The molecule has 0 spiro atoms. The maximum absolute atomic E-state index is 12.6. The number of halogens is 1. The topological polar surface area (TPSA) is 35.6 Å². The monoisotopic (exact) mass is 343 g/mol. The number of hydrogen-bond acceptors (Lipinski definition) is 3. The van der Waals surface area contributed by atoms with E-state index in [4.69, 9.17) is 11.6 Å². The second-order valence-electron chi connectivity index (χ2n) is 6.02. The van der Waals surface area contributed by atoms with Crippen LogP contribution in [0.5, 0.6) is 0 Å². The van der Waals surface area contributed by atoms with Crippen LogP contribution in [0.25, 0.3) is 0 Å². The van der Waals surface area contributed by atoms with Crippen molar-refractivity contribution in [2.24, 2.45) is 0 Å². The van der Waals surface area contributed by atoms with E-state index in [2.05, 4.69) is 22.3 Å². The number of benzene rings is 2. The average Bonchev–Trinajstić information content (AvgIpc) is 2.64. The molecule has 1 heterocycles. The van der Waals surface area contributed by atoms with E-state index in [9.17, 15) is 4.79 Å². The highest BCUT2D eigenvalue weighted by atomic mass is 35.5. The summed E-state index contributed by atoms with van der Waals surface area (Å²) in [5.41, 5.74) is 2.13. The van der Waals surface area contributed by atoms with Crippen LogP contribution in [0, 0.1) is 0 Å². The molecular weight excluding hydrogens is 322 g/mol. The number of carbonyl (C=O) groups excluding carboxylic acids is 1. The van der Waals surface area contributed by atoms with Gasteiger partial charge in [0.15, 0.2) is 0 Å². The van der Waals surface area contributed by atoms with E-state index < -0.39 is 0 Å². The van der Waals surface area contributed by atoms with Crippen molar-refractivity contribution in [1.29, 1.82) is 0 Å². The smallest absolute Gasteiger partial charge is 0.244 e. The molecule has 0 aliphatic carbocycles. The van der Waals surface area contributed by atoms with Crippen molar-refractivity contribution in [3.05, 3.63) is 59.6 Å². The minimum Gasteiger partial charge on any atom is -0.374 e. The molecule has 0 radical (unpaired) electrons. The summed E-state index contributed by atoms with van der Waals surface area (Å²) in [6.45, 7) is 5.13. The quantitative estimate of drug-likeness (QED) is 0.923. The molecule has 126 valence electrons. The van der Waals surface area contributed by atoms with Gasteiger partial charge in [0.05, 0.1) is 0 Å². The first kappa shape index (κ1) is 16.7. The lowest BCUT2D eigenvalue weighted by atomic mass is 10.2. The predicted octanol–water partition coefficient (Wildman–Crippen LogP) is 3.49. The van der Waals surface area contributed by atoms with Crippen LogP contribution in [-0.2, 0) is 4.79 Å². The van der Waals surface area contributed by atoms with Gasteiger partial charge < -0.3 is 15.1 Å². The average molecular weight is 344 g/mol. The first-order chi connectivity index (χ1) is 11.6. The van der Waals surface area contributed by atoms with E-state index in [-0.39, 0.29) is 11.9 Å². The van der Waals surface area contributed by atoms with Crippen molar-refractivity contribution in [1.82, 2.24) is 4.90 Å². The highest BCUT2D eigenvalue weighted by Gasteiger charge is 2.24. The number of carbonyl (C=O) groups is 1. The minimum absolute atomic E-state index is 0.137. The van der Waals surface area contributed by atoms with E-state index in [1.807, 2.05) is 54.3 Å². The first-order valence-electron chi connectivity index (χ1n) is 8.24. The number of para-hydroxylation sites is 1. The fourth-order valence-corrected chi connectivity index (χ4v) is 3.08. The summed E-state index contributed by atoms with van der Waals surface area (Å²) >= 11 is 5.89. The van der Waals surface area contributed by atoms with Gasteiger partial charge in [0.2, 0.25) is 5.91 Å². The molecule has 2 aromatic rings. The minimum atomic E-state index is -0.255. The summed E-state index contributed by atoms with van der Waals surface area (Å²) in [5.74, 6) is 0.137. The Morgan fingerprint density at radius 1 is 1.00 bits per heavy atom. The Balaban J connectivity index is 1.53. The first-order valence-corrected chi connectivity index (χ1v) is 8.62. The molecule has 1 aliphatic heterocycles. The van der Waals surface area contributed by atoms with Gasteiger partial charge in [-0.1, -0.05) is 29.8 Å². The van der Waals surface area contributed by atoms with Crippen LogP contribution in [0.4, 0.5) is 11.4 Å². The molecule has 0 saturated carbocycles. The number of amides is 1. The summed E-state index contributed by atoms with van der Waals surface area (Å²) in [4.78, 5) is 16.9. The Morgan fingerprint density at radius 2 is 1.62 bits per heavy atom. The van der Waals surface area contributed by atoms with Crippen LogP contribution in [0.15, 0.2) is 54.6 Å². The molecule has 0 aromatic heterocycles. The largest absolute Gasteiger partial charge is 0.374 e. The summed E-state index contributed by atoms with van der Waals surface area (Å²) < 4.78 is 0. The molecule has 4 nitrogen and oxygen atoms in total. The van der Waals surface area contributed by atoms with E-state index in [0.717, 1.165) is 31.9 Å². The second-order valence-corrected chi connectivity index (χ2v) is 6.46. The maximum atomic E-state index is 12.6. The molecule has 0 unspecified atom stereocenters. The van der Waals surface area contributed by atoms with Crippen molar-refractivity contribution in [3.63, 3.8) is 0 Å². The Kier molecular flexibility index (Phi) is 5.26. The number of piperazine rings is 1. The molecular formula is C19H22ClN3O. The molecule has 1 N–H and O–H groups in total. The zero-order valence-corrected chi connectivity index (χ0v) is 14.5. The van der Waals surface area contributed by atoms with Crippen LogP contribution in [-0.4, -0.2) is 43.0 Å². The van der Waals surface area contributed by atoms with Gasteiger partial charge in [-0.05, 0) is 43.3 Å². The van der Waals surface area contributed by atoms with Crippen LogP contribution in [0.1, 0.15) is 6.92 Å². The van der Waals surface area contributed by atoms with Gasteiger partial charge in [0.1, 0.15) is 6.04 Å².